The van der Waals surface area contributed by atoms with Crippen LogP contribution in [0.5, 0.6) is 0 Å². The molecule has 2 aromatic rings. The lowest BCUT2D eigenvalue weighted by Crippen LogP contribution is -2.23. The van der Waals surface area contributed by atoms with E-state index in [9.17, 15) is 4.79 Å². The fraction of sp³-hybridized carbons (Fsp3) is 0.235. The predicted octanol–water partition coefficient (Wildman–Crippen LogP) is 5.56. The number of anilines is 1. The molecule has 1 atom stereocenters. The Morgan fingerprint density at radius 1 is 1.18 bits per heavy atom. The molecule has 1 N–H and O–H groups in total. The second-order valence-corrected chi connectivity index (χ2v) is 7.23. The van der Waals surface area contributed by atoms with E-state index >= 15 is 0 Å². The Morgan fingerprint density at radius 3 is 2.64 bits per heavy atom. The minimum atomic E-state index is -0.169. The van der Waals surface area contributed by atoms with Crippen LogP contribution in [0.1, 0.15) is 18.1 Å². The van der Waals surface area contributed by atoms with Crippen LogP contribution < -0.4 is 5.32 Å². The van der Waals surface area contributed by atoms with Crippen LogP contribution in [-0.2, 0) is 10.5 Å². The van der Waals surface area contributed by atoms with E-state index < -0.39 is 0 Å². The summed E-state index contributed by atoms with van der Waals surface area (Å²) in [5, 5.41) is 4.08. The van der Waals surface area contributed by atoms with E-state index in [0.29, 0.717) is 10.0 Å². The number of carbonyl (C=O) groups is 1. The van der Waals surface area contributed by atoms with E-state index in [-0.39, 0.29) is 11.2 Å². The number of rotatable bonds is 5. The Bertz CT molecular complexity index is 675. The van der Waals surface area contributed by atoms with Crippen molar-refractivity contribution >= 4 is 46.6 Å². The number of halogens is 2. The largest absolute Gasteiger partial charge is 0.325 e. The third kappa shape index (κ3) is 4.94. The number of nitrogens with one attached hydrogen (secondary N) is 1. The van der Waals surface area contributed by atoms with Gasteiger partial charge in [-0.2, -0.15) is 0 Å². The zero-order valence-corrected chi connectivity index (χ0v) is 14.7. The van der Waals surface area contributed by atoms with Crippen LogP contribution in [0.3, 0.4) is 0 Å². The van der Waals surface area contributed by atoms with Crippen molar-refractivity contribution in [2.75, 3.05) is 5.32 Å². The number of carbonyl (C=O) groups excluding carboxylic acids is 1. The average molecular weight is 354 g/mol. The minimum absolute atomic E-state index is 0.0302. The molecule has 2 aromatic carbocycles. The van der Waals surface area contributed by atoms with Gasteiger partial charge < -0.3 is 5.32 Å². The summed E-state index contributed by atoms with van der Waals surface area (Å²) in [6.07, 6.45) is 0. The first kappa shape index (κ1) is 17.2. The number of benzene rings is 2. The molecule has 0 aliphatic carbocycles. The molecule has 0 unspecified atom stereocenters. The van der Waals surface area contributed by atoms with Gasteiger partial charge in [0.1, 0.15) is 0 Å². The van der Waals surface area contributed by atoms with Crippen molar-refractivity contribution in [3.8, 4) is 0 Å². The summed E-state index contributed by atoms with van der Waals surface area (Å²) in [6.45, 7) is 3.83. The van der Waals surface area contributed by atoms with Gasteiger partial charge >= 0.3 is 0 Å². The highest BCUT2D eigenvalue weighted by Crippen LogP contribution is 2.24. The molecule has 0 aliphatic rings. The van der Waals surface area contributed by atoms with Crippen molar-refractivity contribution in [2.24, 2.45) is 0 Å². The number of hydrogen-bond acceptors (Lipinski definition) is 2. The molecule has 116 valence electrons. The average Bonchev–Trinajstić information content (AvgIpc) is 2.48. The van der Waals surface area contributed by atoms with E-state index in [1.807, 2.05) is 50.2 Å². The highest BCUT2D eigenvalue weighted by molar-refractivity contribution is 7.99. The van der Waals surface area contributed by atoms with Crippen LogP contribution in [0.15, 0.2) is 42.5 Å². The summed E-state index contributed by atoms with van der Waals surface area (Å²) >= 11 is 13.5. The van der Waals surface area contributed by atoms with Crippen LogP contribution in [0, 0.1) is 6.92 Å². The van der Waals surface area contributed by atoms with Crippen molar-refractivity contribution < 1.29 is 4.79 Å². The van der Waals surface area contributed by atoms with Crippen molar-refractivity contribution in [1.29, 1.82) is 0 Å². The maximum Gasteiger partial charge on any atom is 0.237 e. The lowest BCUT2D eigenvalue weighted by molar-refractivity contribution is -0.115. The molecule has 0 saturated heterocycles. The molecule has 5 heteroatoms. The maximum absolute atomic E-state index is 12.3. The standard InChI is InChI=1S/C17H17Cl2NOS/c1-11-6-7-15(19)9-16(11)20-17(21)12(2)22-10-13-4-3-5-14(18)8-13/h3-9,12H,10H2,1-2H3,(H,20,21)/t12-/m0/s1. The lowest BCUT2D eigenvalue weighted by atomic mass is 10.2. The third-order valence-electron chi connectivity index (χ3n) is 3.22. The minimum Gasteiger partial charge on any atom is -0.325 e. The fourth-order valence-corrected chi connectivity index (χ4v) is 3.10. The molecular weight excluding hydrogens is 337 g/mol. The van der Waals surface area contributed by atoms with E-state index in [1.54, 1.807) is 17.8 Å². The Hall–Kier alpha value is -1.16. The third-order valence-corrected chi connectivity index (χ3v) is 4.90. The molecule has 2 rings (SSSR count). The first-order chi connectivity index (χ1) is 10.5. The first-order valence-corrected chi connectivity index (χ1v) is 8.69. The lowest BCUT2D eigenvalue weighted by Gasteiger charge is -2.14. The van der Waals surface area contributed by atoms with Crippen LogP contribution in [0.25, 0.3) is 0 Å². The summed E-state index contributed by atoms with van der Waals surface area (Å²) in [5.74, 6) is 0.710. The molecule has 2 nitrogen and oxygen atoms in total. The molecule has 0 spiro atoms. The van der Waals surface area contributed by atoms with E-state index in [1.165, 1.54) is 0 Å². The van der Waals surface area contributed by atoms with Crippen molar-refractivity contribution in [3.05, 3.63) is 63.6 Å². The molecule has 0 fully saturated rings. The molecule has 0 radical (unpaired) electrons. The molecule has 0 aromatic heterocycles. The number of amides is 1. The first-order valence-electron chi connectivity index (χ1n) is 6.89. The molecule has 1 amide bonds. The van der Waals surface area contributed by atoms with Crippen molar-refractivity contribution in [2.45, 2.75) is 24.9 Å². The summed E-state index contributed by atoms with van der Waals surface area (Å²) in [4.78, 5) is 12.3. The zero-order chi connectivity index (χ0) is 16.1. The summed E-state index contributed by atoms with van der Waals surface area (Å²) < 4.78 is 0. The molecule has 22 heavy (non-hydrogen) atoms. The maximum atomic E-state index is 12.3. The van der Waals surface area contributed by atoms with Gasteiger partial charge in [0.2, 0.25) is 5.91 Å². The fourth-order valence-electron chi connectivity index (χ4n) is 1.89. The molecule has 0 aliphatic heterocycles. The van der Waals surface area contributed by atoms with Crippen molar-refractivity contribution in [3.63, 3.8) is 0 Å². The van der Waals surface area contributed by atoms with Gasteiger partial charge in [-0.05, 0) is 49.2 Å². The monoisotopic (exact) mass is 353 g/mol. The second-order valence-electron chi connectivity index (χ2n) is 5.03. The Labute approximate surface area is 145 Å². The Morgan fingerprint density at radius 2 is 1.91 bits per heavy atom. The van der Waals surface area contributed by atoms with Crippen molar-refractivity contribution in [1.82, 2.24) is 0 Å². The molecule has 0 bridgehead atoms. The zero-order valence-electron chi connectivity index (χ0n) is 12.4. The molecule has 0 saturated carbocycles. The number of thioether (sulfide) groups is 1. The van der Waals surface area contributed by atoms with E-state index in [0.717, 1.165) is 22.6 Å². The van der Waals surface area contributed by atoms with Gasteiger partial charge in [0.15, 0.2) is 0 Å². The van der Waals surface area contributed by atoms with Gasteiger partial charge in [0.25, 0.3) is 0 Å². The quantitative estimate of drug-likeness (QED) is 0.761. The second kappa shape index (κ2) is 7.91. The normalized spacial score (nSPS) is 12.0. The van der Waals surface area contributed by atoms with Crippen LogP contribution in [-0.4, -0.2) is 11.2 Å². The smallest absolute Gasteiger partial charge is 0.237 e. The number of aryl methyl sites for hydroxylation is 1. The highest BCUT2D eigenvalue weighted by Gasteiger charge is 2.14. The SMILES string of the molecule is Cc1ccc(Cl)cc1NC(=O)[C@H](C)SCc1cccc(Cl)c1. The summed E-state index contributed by atoms with van der Waals surface area (Å²) in [7, 11) is 0. The van der Waals surface area contributed by atoms with Crippen LogP contribution in [0.2, 0.25) is 10.0 Å². The van der Waals surface area contributed by atoms with E-state index in [2.05, 4.69) is 5.32 Å². The predicted molar refractivity (Wildman–Crippen MR) is 97.0 cm³/mol. The summed E-state index contributed by atoms with van der Waals surface area (Å²) in [5.41, 5.74) is 2.86. The van der Waals surface area contributed by atoms with Crippen LogP contribution in [0.4, 0.5) is 5.69 Å². The van der Waals surface area contributed by atoms with Gasteiger partial charge in [0.05, 0.1) is 5.25 Å². The molecular formula is C17H17Cl2NOS. The van der Waals surface area contributed by atoms with E-state index in [4.69, 9.17) is 23.2 Å². The van der Waals surface area contributed by atoms with Gasteiger partial charge in [0, 0.05) is 21.5 Å². The number of hydrogen-bond donors (Lipinski definition) is 1. The van der Waals surface area contributed by atoms with Gasteiger partial charge in [-0.25, -0.2) is 0 Å². The van der Waals surface area contributed by atoms with Gasteiger partial charge in [-0.1, -0.05) is 41.4 Å². The Kier molecular flexibility index (Phi) is 6.18. The van der Waals surface area contributed by atoms with Crippen LogP contribution >= 0.6 is 35.0 Å². The van der Waals surface area contributed by atoms with Gasteiger partial charge in [-0.15, -0.1) is 11.8 Å². The molecule has 0 heterocycles. The summed E-state index contributed by atoms with van der Waals surface area (Å²) in [6, 6.07) is 13.1. The van der Waals surface area contributed by atoms with Gasteiger partial charge in [-0.3, -0.25) is 4.79 Å². The highest BCUT2D eigenvalue weighted by atomic mass is 35.5. The Balaban J connectivity index is 1.93. The topological polar surface area (TPSA) is 29.1 Å².